The van der Waals surface area contributed by atoms with Gasteiger partial charge < -0.3 is 0 Å². The van der Waals surface area contributed by atoms with Gasteiger partial charge in [-0.15, -0.1) is 0 Å². The monoisotopic (exact) mass is 191 g/mol. The van der Waals surface area contributed by atoms with Gasteiger partial charge in [-0.2, -0.15) is 13.2 Å². The predicted octanol–water partition coefficient (Wildman–Crippen LogP) is 2.80. The summed E-state index contributed by atoms with van der Waals surface area (Å²) in [4.78, 5) is 3.25. The second-order valence-corrected chi connectivity index (χ2v) is 2.34. The van der Waals surface area contributed by atoms with Crippen LogP contribution in [0.5, 0.6) is 0 Å². The fourth-order valence-electron chi connectivity index (χ4n) is 0.700. The number of pyridine rings is 1. The molecule has 0 saturated carbocycles. The van der Waals surface area contributed by atoms with E-state index in [1.807, 2.05) is 0 Å². The molecule has 0 spiro atoms. The molecule has 70 valence electrons. The first-order chi connectivity index (χ1) is 5.91. The van der Waals surface area contributed by atoms with Gasteiger partial charge >= 0.3 is 6.18 Å². The smallest absolute Gasteiger partial charge is 0.253 e. The first-order valence-corrected chi connectivity index (χ1v) is 3.29. The Morgan fingerprint density at radius 1 is 1.31 bits per heavy atom. The number of hydrogen-bond donors (Lipinski definition) is 0. The molecule has 0 aliphatic rings. The van der Waals surface area contributed by atoms with Crippen LogP contribution in [0.4, 0.5) is 17.6 Å². The number of nitrogens with zero attached hydrogens (tertiary/aromatic N) is 1. The Hall–Kier alpha value is -1.39. The number of aromatic nitrogens is 1. The Labute approximate surface area is 71.7 Å². The summed E-state index contributed by atoms with van der Waals surface area (Å²) in [6.07, 6.45) is -3.81. The van der Waals surface area contributed by atoms with Crippen LogP contribution in [0.25, 0.3) is 5.57 Å². The molecule has 0 fully saturated rings. The number of rotatable bonds is 1. The van der Waals surface area contributed by atoms with E-state index in [4.69, 9.17) is 0 Å². The Morgan fingerprint density at radius 2 is 1.92 bits per heavy atom. The van der Waals surface area contributed by atoms with Crippen LogP contribution in [-0.2, 0) is 0 Å². The van der Waals surface area contributed by atoms with Crippen LogP contribution in [0.1, 0.15) is 5.69 Å². The number of hydrogen-bond acceptors (Lipinski definition) is 1. The lowest BCUT2D eigenvalue weighted by Gasteiger charge is -2.08. The van der Waals surface area contributed by atoms with Gasteiger partial charge in [-0.05, 0) is 12.1 Å². The average molecular weight is 191 g/mol. The fourth-order valence-corrected chi connectivity index (χ4v) is 0.700. The van der Waals surface area contributed by atoms with E-state index in [0.717, 1.165) is 12.1 Å². The van der Waals surface area contributed by atoms with Crippen molar-refractivity contribution in [2.45, 2.75) is 6.18 Å². The maximum Gasteiger partial charge on any atom is 0.417 e. The number of allylic oxidation sites excluding steroid dienone is 1. The van der Waals surface area contributed by atoms with Crippen LogP contribution in [0.15, 0.2) is 24.9 Å². The van der Waals surface area contributed by atoms with E-state index in [0.29, 0.717) is 6.20 Å². The minimum absolute atomic E-state index is 0.367. The van der Waals surface area contributed by atoms with E-state index in [1.54, 1.807) is 0 Å². The molecule has 1 nitrogen and oxygen atoms in total. The van der Waals surface area contributed by atoms with Gasteiger partial charge in [-0.25, -0.2) is 4.39 Å². The summed E-state index contributed by atoms with van der Waals surface area (Å²) in [5.41, 5.74) is -1.44. The number of alkyl halides is 3. The summed E-state index contributed by atoms with van der Waals surface area (Å²) in [6, 6.07) is 1.84. The molecule has 0 bridgehead atoms. The zero-order chi connectivity index (χ0) is 10.1. The Bertz CT molecular complexity index is 312. The third-order valence-corrected chi connectivity index (χ3v) is 1.38. The summed E-state index contributed by atoms with van der Waals surface area (Å²) >= 11 is 0. The highest BCUT2D eigenvalue weighted by molar-refractivity contribution is 5.64. The minimum atomic E-state index is -4.52. The van der Waals surface area contributed by atoms with Gasteiger partial charge in [-0.1, -0.05) is 6.58 Å². The number of halogens is 4. The molecule has 0 aromatic carbocycles. The van der Waals surface area contributed by atoms with Crippen LogP contribution in [0.2, 0.25) is 0 Å². The van der Waals surface area contributed by atoms with Crippen molar-refractivity contribution < 1.29 is 17.6 Å². The lowest BCUT2D eigenvalue weighted by atomic mass is 10.2. The summed E-state index contributed by atoms with van der Waals surface area (Å²) in [7, 11) is 0. The molecule has 1 aromatic heterocycles. The molecular weight excluding hydrogens is 186 g/mol. The maximum absolute atomic E-state index is 12.3. The second kappa shape index (κ2) is 3.16. The van der Waals surface area contributed by atoms with Crippen molar-refractivity contribution in [3.8, 4) is 0 Å². The zero-order valence-corrected chi connectivity index (χ0v) is 6.40. The van der Waals surface area contributed by atoms with Crippen LogP contribution >= 0.6 is 0 Å². The topological polar surface area (TPSA) is 12.9 Å². The molecule has 0 atom stereocenters. The standard InChI is InChI=1S/C8H5F4N/c1-5(8(10,11)12)7-3-2-6(9)4-13-7/h2-4H,1H2. The third-order valence-electron chi connectivity index (χ3n) is 1.38. The van der Waals surface area contributed by atoms with Crippen molar-refractivity contribution in [3.63, 3.8) is 0 Å². The first kappa shape index (κ1) is 9.70. The van der Waals surface area contributed by atoms with Crippen LogP contribution in [-0.4, -0.2) is 11.2 Å². The van der Waals surface area contributed by atoms with Crippen molar-refractivity contribution in [1.29, 1.82) is 0 Å². The lowest BCUT2D eigenvalue weighted by molar-refractivity contribution is -0.0689. The molecule has 5 heteroatoms. The Kier molecular flexibility index (Phi) is 2.36. The van der Waals surface area contributed by atoms with Gasteiger partial charge in [0.05, 0.1) is 17.5 Å². The van der Waals surface area contributed by atoms with Crippen molar-refractivity contribution in [3.05, 3.63) is 36.4 Å². The molecule has 0 aliphatic heterocycles. The van der Waals surface area contributed by atoms with E-state index in [-0.39, 0.29) is 5.69 Å². The summed E-state index contributed by atoms with van der Waals surface area (Å²) in [5, 5.41) is 0. The largest absolute Gasteiger partial charge is 0.417 e. The highest BCUT2D eigenvalue weighted by Gasteiger charge is 2.33. The molecule has 1 heterocycles. The van der Waals surface area contributed by atoms with Gasteiger partial charge in [0.25, 0.3) is 0 Å². The zero-order valence-electron chi connectivity index (χ0n) is 6.40. The van der Waals surface area contributed by atoms with Gasteiger partial charge in [-0.3, -0.25) is 4.98 Å². The molecule has 0 amide bonds. The lowest BCUT2D eigenvalue weighted by Crippen LogP contribution is -2.10. The van der Waals surface area contributed by atoms with Gasteiger partial charge in [0.1, 0.15) is 5.82 Å². The summed E-state index contributed by atoms with van der Waals surface area (Å²) in [6.45, 7) is 2.82. The molecule has 0 N–H and O–H groups in total. The van der Waals surface area contributed by atoms with Crippen molar-refractivity contribution in [2.75, 3.05) is 0 Å². The predicted molar refractivity (Wildman–Crippen MR) is 39.3 cm³/mol. The highest BCUT2D eigenvalue weighted by Crippen LogP contribution is 2.30. The molecule has 0 aliphatic carbocycles. The van der Waals surface area contributed by atoms with Gasteiger partial charge in [0.15, 0.2) is 0 Å². The molecule has 0 unspecified atom stereocenters. The van der Waals surface area contributed by atoms with Crippen LogP contribution in [0, 0.1) is 5.82 Å². The average Bonchev–Trinajstić information content (AvgIpc) is 2.03. The maximum atomic E-state index is 12.3. The molecule has 0 radical (unpaired) electrons. The van der Waals surface area contributed by atoms with Crippen molar-refractivity contribution >= 4 is 5.57 Å². The third kappa shape index (κ3) is 2.27. The molecular formula is C8H5F4N. The molecule has 13 heavy (non-hydrogen) atoms. The quantitative estimate of drug-likeness (QED) is 0.622. The van der Waals surface area contributed by atoms with Crippen molar-refractivity contribution in [2.24, 2.45) is 0 Å². The van der Waals surface area contributed by atoms with Gasteiger partial charge in [0, 0.05) is 0 Å². The van der Waals surface area contributed by atoms with Gasteiger partial charge in [0.2, 0.25) is 0 Å². The molecule has 1 rings (SSSR count). The van der Waals surface area contributed by atoms with Crippen molar-refractivity contribution in [1.82, 2.24) is 4.98 Å². The second-order valence-electron chi connectivity index (χ2n) is 2.34. The highest BCUT2D eigenvalue weighted by atomic mass is 19.4. The van der Waals surface area contributed by atoms with E-state index < -0.39 is 17.6 Å². The fraction of sp³-hybridized carbons (Fsp3) is 0.125. The molecule has 1 aromatic rings. The summed E-state index contributed by atoms with van der Waals surface area (Å²) < 4.78 is 48.3. The Morgan fingerprint density at radius 3 is 2.31 bits per heavy atom. The normalized spacial score (nSPS) is 11.4. The van der Waals surface area contributed by atoms with E-state index >= 15 is 0 Å². The first-order valence-electron chi connectivity index (χ1n) is 3.29. The van der Waals surface area contributed by atoms with E-state index in [9.17, 15) is 17.6 Å². The SMILES string of the molecule is C=C(c1ccc(F)cn1)C(F)(F)F. The Balaban J connectivity index is 2.97. The molecule has 0 saturated heterocycles. The summed E-state index contributed by atoms with van der Waals surface area (Å²) in [5.74, 6) is -0.682. The van der Waals surface area contributed by atoms with Crippen LogP contribution in [0.3, 0.4) is 0 Å². The minimum Gasteiger partial charge on any atom is -0.253 e. The van der Waals surface area contributed by atoms with E-state index in [1.165, 1.54) is 0 Å². The van der Waals surface area contributed by atoms with Crippen LogP contribution < -0.4 is 0 Å². The van der Waals surface area contributed by atoms with E-state index in [2.05, 4.69) is 11.6 Å².